The van der Waals surface area contributed by atoms with Crippen molar-refractivity contribution in [2.24, 2.45) is 13.0 Å². The third-order valence-corrected chi connectivity index (χ3v) is 5.46. The maximum atomic E-state index is 13.2. The smallest absolute Gasteiger partial charge is 0.233 e. The fourth-order valence-corrected chi connectivity index (χ4v) is 4.20. The molecule has 120 valence electrons. The Morgan fingerprint density at radius 1 is 1.43 bits per heavy atom. The van der Waals surface area contributed by atoms with E-state index in [1.807, 2.05) is 28.8 Å². The minimum Gasteiger partial charge on any atom is -0.369 e. The summed E-state index contributed by atoms with van der Waals surface area (Å²) in [5, 5.41) is 0. The van der Waals surface area contributed by atoms with Crippen LogP contribution >= 0.6 is 11.8 Å². The Hall–Kier alpha value is -1.86. The molecule has 4 heterocycles. The number of carbonyl (C=O) groups is 1. The number of imidazole rings is 1. The molecule has 23 heavy (non-hydrogen) atoms. The van der Waals surface area contributed by atoms with E-state index in [9.17, 15) is 4.79 Å². The predicted octanol–water partition coefficient (Wildman–Crippen LogP) is 2.03. The van der Waals surface area contributed by atoms with Crippen LogP contribution in [0.15, 0.2) is 35.7 Å². The van der Waals surface area contributed by atoms with Gasteiger partial charge in [0.25, 0.3) is 0 Å². The van der Waals surface area contributed by atoms with Gasteiger partial charge in [-0.3, -0.25) is 9.78 Å². The van der Waals surface area contributed by atoms with Crippen LogP contribution < -0.4 is 4.90 Å². The third kappa shape index (κ3) is 2.53. The van der Waals surface area contributed by atoms with Crippen LogP contribution in [0.3, 0.4) is 0 Å². The van der Waals surface area contributed by atoms with Gasteiger partial charge < -0.3 is 14.2 Å². The SMILES string of the molecule is Cn1ccnc1[C@@H]1OCC[C@H]1C(=O)N1CCSc2ccncc21. The Bertz CT molecular complexity index is 732. The van der Waals surface area contributed by atoms with E-state index in [1.54, 1.807) is 30.4 Å². The van der Waals surface area contributed by atoms with Gasteiger partial charge in [0.05, 0.1) is 17.8 Å². The molecule has 0 unspecified atom stereocenters. The van der Waals surface area contributed by atoms with E-state index < -0.39 is 0 Å². The first-order valence-corrected chi connectivity index (χ1v) is 8.71. The van der Waals surface area contributed by atoms with E-state index in [-0.39, 0.29) is 17.9 Å². The molecule has 0 bridgehead atoms. The summed E-state index contributed by atoms with van der Waals surface area (Å²) in [6.45, 7) is 1.31. The minimum absolute atomic E-state index is 0.116. The Labute approximate surface area is 138 Å². The zero-order chi connectivity index (χ0) is 15.8. The number of anilines is 1. The molecule has 2 atom stereocenters. The molecule has 7 heteroatoms. The number of aromatic nitrogens is 3. The van der Waals surface area contributed by atoms with E-state index in [0.717, 1.165) is 28.6 Å². The van der Waals surface area contributed by atoms with Crippen LogP contribution in [0.4, 0.5) is 5.69 Å². The number of aryl methyl sites for hydroxylation is 1. The molecule has 0 radical (unpaired) electrons. The number of ether oxygens (including phenoxy) is 1. The lowest BCUT2D eigenvalue weighted by atomic mass is 9.98. The molecule has 0 saturated carbocycles. The lowest BCUT2D eigenvalue weighted by Crippen LogP contribution is -2.41. The van der Waals surface area contributed by atoms with E-state index in [1.165, 1.54) is 0 Å². The molecular formula is C16H18N4O2S. The van der Waals surface area contributed by atoms with Crippen molar-refractivity contribution in [3.63, 3.8) is 0 Å². The van der Waals surface area contributed by atoms with Crippen LogP contribution in [-0.4, -0.2) is 39.3 Å². The number of nitrogens with zero attached hydrogens (tertiary/aromatic N) is 4. The summed E-state index contributed by atoms with van der Waals surface area (Å²) in [5.74, 6) is 1.65. The van der Waals surface area contributed by atoms with Gasteiger partial charge in [-0.1, -0.05) is 0 Å². The minimum atomic E-state index is -0.266. The Morgan fingerprint density at radius 3 is 3.17 bits per heavy atom. The Balaban J connectivity index is 1.63. The standard InChI is InChI=1S/C16H18N4O2S/c1-19-6-5-18-15(19)14-11(3-8-22-14)16(21)20-7-9-23-13-2-4-17-10-12(13)20/h2,4-6,10-11,14H,3,7-9H2,1H3/t11-,14-/m1/s1. The first kappa shape index (κ1) is 14.7. The highest BCUT2D eigenvalue weighted by atomic mass is 32.2. The average Bonchev–Trinajstić information content (AvgIpc) is 3.22. The zero-order valence-electron chi connectivity index (χ0n) is 12.9. The molecule has 2 aromatic heterocycles. The summed E-state index contributed by atoms with van der Waals surface area (Å²) in [4.78, 5) is 24.7. The lowest BCUT2D eigenvalue weighted by molar-refractivity contribution is -0.124. The molecule has 1 fully saturated rings. The highest BCUT2D eigenvalue weighted by Gasteiger charge is 2.40. The van der Waals surface area contributed by atoms with Crippen molar-refractivity contribution in [3.8, 4) is 0 Å². The summed E-state index contributed by atoms with van der Waals surface area (Å²) in [6, 6.07) is 1.97. The Kier molecular flexibility index (Phi) is 3.82. The third-order valence-electron chi connectivity index (χ3n) is 4.41. The second-order valence-corrected chi connectivity index (χ2v) is 6.90. The summed E-state index contributed by atoms with van der Waals surface area (Å²) >= 11 is 1.77. The van der Waals surface area contributed by atoms with Crippen LogP contribution in [0.25, 0.3) is 0 Å². The molecule has 2 aliphatic heterocycles. The van der Waals surface area contributed by atoms with E-state index in [0.29, 0.717) is 13.2 Å². The van der Waals surface area contributed by atoms with Gasteiger partial charge in [0.1, 0.15) is 11.9 Å². The molecule has 4 rings (SSSR count). The zero-order valence-corrected chi connectivity index (χ0v) is 13.7. The number of amides is 1. The van der Waals surface area contributed by atoms with Gasteiger partial charge in [0.2, 0.25) is 5.91 Å². The predicted molar refractivity (Wildman–Crippen MR) is 87.3 cm³/mol. The second kappa shape index (κ2) is 5.98. The number of rotatable bonds is 2. The van der Waals surface area contributed by atoms with Crippen molar-refractivity contribution in [2.75, 3.05) is 23.8 Å². The first-order chi connectivity index (χ1) is 11.3. The molecule has 0 N–H and O–H groups in total. The lowest BCUT2D eigenvalue weighted by Gasteiger charge is -2.31. The number of hydrogen-bond donors (Lipinski definition) is 0. The molecule has 6 nitrogen and oxygen atoms in total. The largest absolute Gasteiger partial charge is 0.369 e. The number of pyridine rings is 1. The van der Waals surface area contributed by atoms with Crippen LogP contribution in [0, 0.1) is 5.92 Å². The van der Waals surface area contributed by atoms with E-state index in [2.05, 4.69) is 9.97 Å². The van der Waals surface area contributed by atoms with Crippen LogP contribution in [0.2, 0.25) is 0 Å². The van der Waals surface area contributed by atoms with Gasteiger partial charge in [-0.05, 0) is 12.5 Å². The second-order valence-electron chi connectivity index (χ2n) is 5.76. The maximum absolute atomic E-state index is 13.2. The van der Waals surface area contributed by atoms with Gasteiger partial charge in [0, 0.05) is 49.4 Å². The van der Waals surface area contributed by atoms with Crippen molar-refractivity contribution in [2.45, 2.75) is 17.4 Å². The Morgan fingerprint density at radius 2 is 2.35 bits per heavy atom. The van der Waals surface area contributed by atoms with Gasteiger partial charge >= 0.3 is 0 Å². The molecule has 2 aromatic rings. The van der Waals surface area contributed by atoms with Gasteiger partial charge in [-0.25, -0.2) is 4.98 Å². The van der Waals surface area contributed by atoms with E-state index in [4.69, 9.17) is 4.74 Å². The first-order valence-electron chi connectivity index (χ1n) is 7.72. The fourth-order valence-electron chi connectivity index (χ4n) is 3.24. The summed E-state index contributed by atoms with van der Waals surface area (Å²) in [5.41, 5.74) is 0.916. The van der Waals surface area contributed by atoms with E-state index >= 15 is 0 Å². The monoisotopic (exact) mass is 330 g/mol. The van der Waals surface area contributed by atoms with Crippen molar-refractivity contribution < 1.29 is 9.53 Å². The molecule has 0 aromatic carbocycles. The highest BCUT2D eigenvalue weighted by molar-refractivity contribution is 7.99. The molecule has 0 aliphatic carbocycles. The molecule has 2 aliphatic rings. The maximum Gasteiger partial charge on any atom is 0.233 e. The molecular weight excluding hydrogens is 312 g/mol. The van der Waals surface area contributed by atoms with Crippen molar-refractivity contribution in [1.82, 2.24) is 14.5 Å². The average molecular weight is 330 g/mol. The normalized spacial score (nSPS) is 23.8. The van der Waals surface area contributed by atoms with Crippen LogP contribution in [0.5, 0.6) is 0 Å². The number of fused-ring (bicyclic) bond motifs is 1. The van der Waals surface area contributed by atoms with Crippen molar-refractivity contribution in [3.05, 3.63) is 36.7 Å². The van der Waals surface area contributed by atoms with Crippen LogP contribution in [0.1, 0.15) is 18.3 Å². The summed E-state index contributed by atoms with van der Waals surface area (Å²) < 4.78 is 7.77. The van der Waals surface area contributed by atoms with Crippen LogP contribution in [-0.2, 0) is 16.6 Å². The summed E-state index contributed by atoms with van der Waals surface area (Å²) in [7, 11) is 1.93. The number of hydrogen-bond acceptors (Lipinski definition) is 5. The molecule has 1 saturated heterocycles. The molecule has 1 amide bonds. The quantitative estimate of drug-likeness (QED) is 0.843. The summed E-state index contributed by atoms with van der Waals surface area (Å²) in [6.07, 6.45) is 7.65. The highest BCUT2D eigenvalue weighted by Crippen LogP contribution is 2.39. The van der Waals surface area contributed by atoms with Crippen molar-refractivity contribution in [1.29, 1.82) is 0 Å². The number of thioether (sulfide) groups is 1. The van der Waals surface area contributed by atoms with Gasteiger partial charge in [-0.2, -0.15) is 0 Å². The number of carbonyl (C=O) groups excluding carboxylic acids is 1. The van der Waals surface area contributed by atoms with Crippen molar-refractivity contribution >= 4 is 23.4 Å². The fraction of sp³-hybridized carbons (Fsp3) is 0.438. The van der Waals surface area contributed by atoms with Gasteiger partial charge in [-0.15, -0.1) is 11.8 Å². The topological polar surface area (TPSA) is 60.3 Å². The van der Waals surface area contributed by atoms with Gasteiger partial charge in [0.15, 0.2) is 0 Å². The molecule has 0 spiro atoms.